The predicted molar refractivity (Wildman–Crippen MR) is 76.9 cm³/mol. The molecule has 1 atom stereocenters. The van der Waals surface area contributed by atoms with Crippen LogP contribution in [0.15, 0.2) is 24.3 Å². The number of Topliss-reactive ketones (excluding diaryl/α,β-unsaturated/α-hetero) is 1. The molecule has 0 aromatic heterocycles. The first-order valence-corrected chi connectivity index (χ1v) is 7.11. The third kappa shape index (κ3) is 4.75. The molecule has 2 nitrogen and oxygen atoms in total. The van der Waals surface area contributed by atoms with Crippen LogP contribution < -0.4 is 0 Å². The lowest BCUT2D eigenvalue weighted by molar-refractivity contribution is 0.0889. The van der Waals surface area contributed by atoms with Gasteiger partial charge in [-0.2, -0.15) is 0 Å². The highest BCUT2D eigenvalue weighted by Crippen LogP contribution is 2.14. The second-order valence-corrected chi connectivity index (χ2v) is 5.05. The molecule has 0 spiro atoms. The highest BCUT2D eigenvalue weighted by atomic mass is 19.1. The van der Waals surface area contributed by atoms with Crippen LogP contribution in [0.5, 0.6) is 0 Å². The zero-order valence-corrected chi connectivity index (χ0v) is 12.2. The van der Waals surface area contributed by atoms with Crippen LogP contribution in [-0.4, -0.2) is 30.3 Å². The van der Waals surface area contributed by atoms with E-state index >= 15 is 0 Å². The molecule has 19 heavy (non-hydrogen) atoms. The summed E-state index contributed by atoms with van der Waals surface area (Å²) in [5.74, 6) is -0.692. The second-order valence-electron chi connectivity index (χ2n) is 5.05. The number of rotatable bonds is 8. The Morgan fingerprint density at radius 1 is 1.21 bits per heavy atom. The average molecular weight is 265 g/mol. The first kappa shape index (κ1) is 15.8. The van der Waals surface area contributed by atoms with Gasteiger partial charge >= 0.3 is 0 Å². The van der Waals surface area contributed by atoms with Gasteiger partial charge in [-0.25, -0.2) is 4.39 Å². The topological polar surface area (TPSA) is 20.3 Å². The first-order chi connectivity index (χ1) is 9.10. The second kappa shape index (κ2) is 8.05. The number of benzene rings is 1. The fourth-order valence-corrected chi connectivity index (χ4v) is 2.32. The Bertz CT molecular complexity index is 399. The van der Waals surface area contributed by atoms with Gasteiger partial charge in [0.1, 0.15) is 5.82 Å². The molecule has 0 saturated heterocycles. The molecule has 3 heteroatoms. The number of carbonyl (C=O) groups is 1. The Kier molecular flexibility index (Phi) is 6.71. The summed E-state index contributed by atoms with van der Waals surface area (Å²) in [5, 5.41) is 0. The van der Waals surface area contributed by atoms with Crippen LogP contribution in [-0.2, 0) is 0 Å². The highest BCUT2D eigenvalue weighted by Gasteiger charge is 2.20. The summed E-state index contributed by atoms with van der Waals surface area (Å²) < 4.78 is 13.6. The van der Waals surface area contributed by atoms with E-state index in [-0.39, 0.29) is 17.3 Å². The van der Waals surface area contributed by atoms with Gasteiger partial charge in [-0.15, -0.1) is 0 Å². The summed E-state index contributed by atoms with van der Waals surface area (Å²) in [6, 6.07) is 6.23. The van der Waals surface area contributed by atoms with E-state index < -0.39 is 5.82 Å². The Balaban J connectivity index is 2.68. The van der Waals surface area contributed by atoms with Gasteiger partial charge in [-0.3, -0.25) is 4.79 Å². The maximum atomic E-state index is 13.6. The average Bonchev–Trinajstić information content (AvgIpc) is 2.39. The summed E-state index contributed by atoms with van der Waals surface area (Å²) >= 11 is 0. The van der Waals surface area contributed by atoms with Crippen molar-refractivity contribution in [3.63, 3.8) is 0 Å². The van der Waals surface area contributed by atoms with Gasteiger partial charge in [0.15, 0.2) is 5.78 Å². The van der Waals surface area contributed by atoms with Crippen LogP contribution in [0.25, 0.3) is 0 Å². The van der Waals surface area contributed by atoms with Crippen molar-refractivity contribution < 1.29 is 9.18 Å². The summed E-state index contributed by atoms with van der Waals surface area (Å²) in [6.07, 6.45) is 2.14. The van der Waals surface area contributed by atoms with E-state index in [1.165, 1.54) is 6.07 Å². The lowest BCUT2D eigenvalue weighted by Crippen LogP contribution is -2.33. The molecule has 1 aromatic carbocycles. The van der Waals surface area contributed by atoms with E-state index in [0.717, 1.165) is 25.9 Å². The molecule has 0 saturated carbocycles. The largest absolute Gasteiger partial charge is 0.303 e. The molecule has 1 unspecified atom stereocenters. The van der Waals surface area contributed by atoms with Gasteiger partial charge in [0, 0.05) is 12.5 Å². The zero-order valence-electron chi connectivity index (χ0n) is 12.2. The van der Waals surface area contributed by atoms with Crippen LogP contribution in [0.3, 0.4) is 0 Å². The van der Waals surface area contributed by atoms with Crippen molar-refractivity contribution in [1.29, 1.82) is 0 Å². The van der Waals surface area contributed by atoms with Crippen molar-refractivity contribution in [2.24, 2.45) is 5.92 Å². The van der Waals surface area contributed by atoms with Crippen LogP contribution in [0, 0.1) is 11.7 Å². The molecule has 0 heterocycles. The Hall–Kier alpha value is -1.22. The Labute approximate surface area is 115 Å². The maximum absolute atomic E-state index is 13.6. The van der Waals surface area contributed by atoms with E-state index in [1.54, 1.807) is 18.2 Å². The Morgan fingerprint density at radius 3 is 2.32 bits per heavy atom. The number of hydrogen-bond donors (Lipinski definition) is 0. The van der Waals surface area contributed by atoms with Crippen LogP contribution in [0.4, 0.5) is 4.39 Å². The number of ketones is 1. The third-order valence-electron chi connectivity index (χ3n) is 3.20. The molecule has 0 aliphatic heterocycles. The Morgan fingerprint density at radius 2 is 1.79 bits per heavy atom. The molecule has 0 bridgehead atoms. The van der Waals surface area contributed by atoms with Gasteiger partial charge in [-0.05, 0) is 38.1 Å². The highest BCUT2D eigenvalue weighted by molar-refractivity contribution is 5.98. The minimum Gasteiger partial charge on any atom is -0.303 e. The third-order valence-corrected chi connectivity index (χ3v) is 3.20. The fourth-order valence-electron chi connectivity index (χ4n) is 2.32. The predicted octanol–water partition coefficient (Wildman–Crippen LogP) is 3.77. The lowest BCUT2D eigenvalue weighted by Gasteiger charge is -2.24. The van der Waals surface area contributed by atoms with E-state index in [2.05, 4.69) is 18.7 Å². The lowest BCUT2D eigenvalue weighted by atomic mass is 9.98. The summed E-state index contributed by atoms with van der Waals surface area (Å²) in [4.78, 5) is 14.5. The van der Waals surface area contributed by atoms with Crippen molar-refractivity contribution in [3.05, 3.63) is 35.6 Å². The quantitative estimate of drug-likeness (QED) is 0.667. The van der Waals surface area contributed by atoms with Crippen molar-refractivity contribution in [2.75, 3.05) is 19.6 Å². The van der Waals surface area contributed by atoms with Crippen molar-refractivity contribution in [3.8, 4) is 0 Å². The smallest absolute Gasteiger partial charge is 0.169 e. The van der Waals surface area contributed by atoms with Crippen molar-refractivity contribution in [2.45, 2.75) is 33.6 Å². The molecular weight excluding hydrogens is 241 g/mol. The van der Waals surface area contributed by atoms with Gasteiger partial charge in [0.05, 0.1) is 5.56 Å². The monoisotopic (exact) mass is 265 g/mol. The van der Waals surface area contributed by atoms with E-state index in [0.29, 0.717) is 6.54 Å². The standard InChI is InChI=1S/C16H24FNO/c1-4-10-18(11-5-2)12-13(3)16(19)14-8-6-7-9-15(14)17/h6-9,13H,4-5,10-12H2,1-3H3. The van der Waals surface area contributed by atoms with Crippen LogP contribution in [0.1, 0.15) is 44.0 Å². The molecule has 0 aliphatic rings. The molecule has 106 valence electrons. The van der Waals surface area contributed by atoms with E-state index in [1.807, 2.05) is 6.92 Å². The number of nitrogens with zero attached hydrogens (tertiary/aromatic N) is 1. The zero-order chi connectivity index (χ0) is 14.3. The molecule has 0 radical (unpaired) electrons. The minimum absolute atomic E-state index is 0.102. The number of hydrogen-bond acceptors (Lipinski definition) is 2. The first-order valence-electron chi connectivity index (χ1n) is 7.11. The SMILES string of the molecule is CCCN(CCC)CC(C)C(=O)c1ccccc1F. The van der Waals surface area contributed by atoms with Crippen molar-refractivity contribution >= 4 is 5.78 Å². The maximum Gasteiger partial charge on any atom is 0.169 e. The summed E-state index contributed by atoms with van der Waals surface area (Å²) in [5.41, 5.74) is 0.211. The van der Waals surface area contributed by atoms with E-state index in [9.17, 15) is 9.18 Å². The molecule has 0 N–H and O–H groups in total. The minimum atomic E-state index is -0.420. The molecule has 0 amide bonds. The van der Waals surface area contributed by atoms with E-state index in [4.69, 9.17) is 0 Å². The van der Waals surface area contributed by atoms with Crippen molar-refractivity contribution in [1.82, 2.24) is 4.90 Å². The fraction of sp³-hybridized carbons (Fsp3) is 0.562. The number of halogens is 1. The van der Waals surface area contributed by atoms with Crippen LogP contribution >= 0.6 is 0 Å². The number of carbonyl (C=O) groups excluding carboxylic acids is 1. The normalized spacial score (nSPS) is 12.7. The van der Waals surface area contributed by atoms with Crippen LogP contribution in [0.2, 0.25) is 0 Å². The summed E-state index contributed by atoms with van der Waals surface area (Å²) in [7, 11) is 0. The molecule has 0 aliphatic carbocycles. The van der Waals surface area contributed by atoms with Gasteiger partial charge < -0.3 is 4.90 Å². The molecule has 1 aromatic rings. The molecular formula is C16H24FNO. The summed E-state index contributed by atoms with van der Waals surface area (Å²) in [6.45, 7) is 8.82. The van der Waals surface area contributed by atoms with Gasteiger partial charge in [0.25, 0.3) is 0 Å². The molecule has 1 rings (SSSR count). The molecule has 0 fully saturated rings. The van der Waals surface area contributed by atoms with Gasteiger partial charge in [0.2, 0.25) is 0 Å². The van der Waals surface area contributed by atoms with Gasteiger partial charge in [-0.1, -0.05) is 32.9 Å².